The topological polar surface area (TPSA) is 75.6 Å². The Hall–Kier alpha value is -2.89. The first-order chi connectivity index (χ1) is 12.0. The molecular formula is C19H21N5O. The van der Waals surface area contributed by atoms with Gasteiger partial charge in [0, 0.05) is 17.7 Å². The highest BCUT2D eigenvalue weighted by Crippen LogP contribution is 2.39. The van der Waals surface area contributed by atoms with Crippen LogP contribution in [0.5, 0.6) is 0 Å². The van der Waals surface area contributed by atoms with Crippen molar-refractivity contribution in [3.05, 3.63) is 58.5 Å². The fourth-order valence-corrected chi connectivity index (χ4v) is 3.10. The van der Waals surface area contributed by atoms with E-state index in [0.29, 0.717) is 17.4 Å². The van der Waals surface area contributed by atoms with E-state index < -0.39 is 0 Å². The molecule has 2 N–H and O–H groups in total. The zero-order valence-electron chi connectivity index (χ0n) is 14.6. The molecule has 0 bridgehead atoms. The van der Waals surface area contributed by atoms with Crippen LogP contribution in [-0.4, -0.2) is 25.9 Å². The van der Waals surface area contributed by atoms with Gasteiger partial charge in [-0.05, 0) is 62.9 Å². The van der Waals surface area contributed by atoms with E-state index in [1.165, 1.54) is 12.8 Å². The summed E-state index contributed by atoms with van der Waals surface area (Å²) >= 11 is 0. The minimum Gasteiger partial charge on any atom is -0.305 e. The Morgan fingerprint density at radius 3 is 2.52 bits per heavy atom. The first-order valence-corrected chi connectivity index (χ1v) is 8.51. The van der Waals surface area contributed by atoms with Gasteiger partial charge in [0.05, 0.1) is 11.4 Å². The molecule has 1 aromatic carbocycles. The maximum Gasteiger partial charge on any atom is 0.277 e. The highest BCUT2D eigenvalue weighted by molar-refractivity contribution is 6.02. The second-order valence-corrected chi connectivity index (χ2v) is 6.87. The molecule has 6 heteroatoms. The van der Waals surface area contributed by atoms with Crippen molar-refractivity contribution < 1.29 is 4.79 Å². The van der Waals surface area contributed by atoms with E-state index in [2.05, 4.69) is 38.8 Å². The van der Waals surface area contributed by atoms with E-state index in [1.54, 1.807) is 4.68 Å². The van der Waals surface area contributed by atoms with Crippen molar-refractivity contribution in [2.24, 2.45) is 0 Å². The quantitative estimate of drug-likeness (QED) is 0.764. The molecule has 0 saturated heterocycles. The monoisotopic (exact) mass is 335 g/mol. The minimum atomic E-state index is -0.228. The first-order valence-electron chi connectivity index (χ1n) is 8.51. The SMILES string of the molecule is Cc1cc(C)cc(-n2nc(C)cc2NC(=O)c2cc(C3CC3)[nH]n2)c1. The largest absolute Gasteiger partial charge is 0.305 e. The van der Waals surface area contributed by atoms with Crippen LogP contribution in [0.4, 0.5) is 5.82 Å². The number of nitrogens with one attached hydrogen (secondary N) is 2. The van der Waals surface area contributed by atoms with Crippen molar-refractivity contribution in [3.63, 3.8) is 0 Å². The van der Waals surface area contributed by atoms with E-state index in [4.69, 9.17) is 0 Å². The summed E-state index contributed by atoms with van der Waals surface area (Å²) in [4.78, 5) is 12.6. The second kappa shape index (κ2) is 5.88. The van der Waals surface area contributed by atoms with E-state index >= 15 is 0 Å². The van der Waals surface area contributed by atoms with Gasteiger partial charge in [-0.2, -0.15) is 10.2 Å². The standard InChI is InChI=1S/C19H21N5O/c1-11-6-12(2)8-15(7-11)24-18(9-13(3)23-24)20-19(25)17-10-16(21-22-17)14-4-5-14/h6-10,14H,4-5H2,1-3H3,(H,20,25)(H,21,22). The Kier molecular flexibility index (Phi) is 3.67. The molecule has 1 fully saturated rings. The molecule has 2 aromatic heterocycles. The van der Waals surface area contributed by atoms with E-state index in [9.17, 15) is 4.79 Å². The third-order valence-electron chi connectivity index (χ3n) is 4.37. The van der Waals surface area contributed by atoms with Gasteiger partial charge in [0.2, 0.25) is 0 Å². The molecule has 1 saturated carbocycles. The molecule has 128 valence electrons. The number of H-pyrrole nitrogens is 1. The Morgan fingerprint density at radius 2 is 1.84 bits per heavy atom. The predicted molar refractivity (Wildman–Crippen MR) is 96.3 cm³/mol. The second-order valence-electron chi connectivity index (χ2n) is 6.87. The van der Waals surface area contributed by atoms with Gasteiger partial charge in [-0.3, -0.25) is 9.89 Å². The molecule has 0 atom stereocenters. The van der Waals surface area contributed by atoms with E-state index in [-0.39, 0.29) is 5.91 Å². The Bertz CT molecular complexity index is 928. The van der Waals surface area contributed by atoms with Gasteiger partial charge < -0.3 is 5.32 Å². The van der Waals surface area contributed by atoms with Crippen molar-refractivity contribution in [1.82, 2.24) is 20.0 Å². The van der Waals surface area contributed by atoms with Gasteiger partial charge >= 0.3 is 0 Å². The fraction of sp³-hybridized carbons (Fsp3) is 0.316. The molecule has 0 radical (unpaired) electrons. The number of benzene rings is 1. The van der Waals surface area contributed by atoms with Crippen LogP contribution in [-0.2, 0) is 0 Å². The summed E-state index contributed by atoms with van der Waals surface area (Å²) in [5.74, 6) is 0.953. The molecule has 6 nitrogen and oxygen atoms in total. The Balaban J connectivity index is 1.62. The van der Waals surface area contributed by atoms with Crippen LogP contribution in [0, 0.1) is 20.8 Å². The third kappa shape index (κ3) is 3.20. The number of rotatable bonds is 4. The Morgan fingerprint density at radius 1 is 1.12 bits per heavy atom. The number of anilines is 1. The smallest absolute Gasteiger partial charge is 0.277 e. The number of aromatic nitrogens is 4. The zero-order chi connectivity index (χ0) is 17.6. The molecule has 3 aromatic rings. The number of nitrogens with zero attached hydrogens (tertiary/aromatic N) is 3. The van der Waals surface area contributed by atoms with Crippen molar-refractivity contribution in [3.8, 4) is 5.69 Å². The van der Waals surface area contributed by atoms with Gasteiger partial charge in [-0.25, -0.2) is 4.68 Å². The number of hydrogen-bond acceptors (Lipinski definition) is 3. The van der Waals surface area contributed by atoms with E-state index in [1.807, 2.05) is 32.9 Å². The first kappa shape index (κ1) is 15.6. The van der Waals surface area contributed by atoms with Crippen LogP contribution in [0.3, 0.4) is 0 Å². The predicted octanol–water partition coefficient (Wildman–Crippen LogP) is 3.65. The van der Waals surface area contributed by atoms with Crippen LogP contribution < -0.4 is 5.32 Å². The number of amides is 1. The van der Waals surface area contributed by atoms with Crippen molar-refractivity contribution in [1.29, 1.82) is 0 Å². The molecule has 2 heterocycles. The molecule has 25 heavy (non-hydrogen) atoms. The highest BCUT2D eigenvalue weighted by atomic mass is 16.2. The summed E-state index contributed by atoms with van der Waals surface area (Å²) in [6, 6.07) is 9.92. The average molecular weight is 335 g/mol. The third-order valence-corrected chi connectivity index (χ3v) is 4.37. The average Bonchev–Trinajstić information content (AvgIpc) is 3.15. The van der Waals surface area contributed by atoms with Crippen LogP contribution in [0.25, 0.3) is 5.69 Å². The van der Waals surface area contributed by atoms with Crippen molar-refractivity contribution in [2.45, 2.75) is 39.5 Å². The molecule has 0 aliphatic heterocycles. The van der Waals surface area contributed by atoms with Crippen LogP contribution in [0.1, 0.15) is 51.8 Å². The number of aromatic amines is 1. The van der Waals surface area contributed by atoms with Crippen molar-refractivity contribution in [2.75, 3.05) is 5.32 Å². The summed E-state index contributed by atoms with van der Waals surface area (Å²) < 4.78 is 1.77. The van der Waals surface area contributed by atoms with Gasteiger partial charge in [-0.1, -0.05) is 6.07 Å². The van der Waals surface area contributed by atoms with Gasteiger partial charge in [0.15, 0.2) is 5.69 Å². The van der Waals surface area contributed by atoms with Crippen LogP contribution >= 0.6 is 0 Å². The lowest BCUT2D eigenvalue weighted by atomic mass is 10.1. The maximum atomic E-state index is 12.6. The van der Waals surface area contributed by atoms with Gasteiger partial charge in [0.1, 0.15) is 5.82 Å². The summed E-state index contributed by atoms with van der Waals surface area (Å²) in [5.41, 5.74) is 5.54. The number of carbonyl (C=O) groups is 1. The fourth-order valence-electron chi connectivity index (χ4n) is 3.10. The minimum absolute atomic E-state index is 0.228. The molecule has 1 aliphatic carbocycles. The normalized spacial score (nSPS) is 13.9. The molecule has 0 spiro atoms. The lowest BCUT2D eigenvalue weighted by Crippen LogP contribution is -2.15. The number of hydrogen-bond donors (Lipinski definition) is 2. The molecule has 0 unspecified atom stereocenters. The lowest BCUT2D eigenvalue weighted by Gasteiger charge is -2.10. The summed E-state index contributed by atoms with van der Waals surface area (Å²) in [5, 5.41) is 14.6. The van der Waals surface area contributed by atoms with Crippen molar-refractivity contribution >= 4 is 11.7 Å². The van der Waals surface area contributed by atoms with Gasteiger partial charge in [-0.15, -0.1) is 0 Å². The number of carbonyl (C=O) groups excluding carboxylic acids is 1. The number of aryl methyl sites for hydroxylation is 3. The van der Waals surface area contributed by atoms with Crippen LogP contribution in [0.15, 0.2) is 30.3 Å². The Labute approximate surface area is 146 Å². The lowest BCUT2D eigenvalue weighted by molar-refractivity contribution is 0.102. The summed E-state index contributed by atoms with van der Waals surface area (Å²) in [7, 11) is 0. The molecular weight excluding hydrogens is 314 g/mol. The molecule has 1 amide bonds. The van der Waals surface area contributed by atoms with Crippen LogP contribution in [0.2, 0.25) is 0 Å². The highest BCUT2D eigenvalue weighted by Gasteiger charge is 2.26. The van der Waals surface area contributed by atoms with Gasteiger partial charge in [0.25, 0.3) is 5.91 Å². The van der Waals surface area contributed by atoms with E-state index in [0.717, 1.165) is 28.2 Å². The zero-order valence-corrected chi connectivity index (χ0v) is 14.6. The maximum absolute atomic E-state index is 12.6. The molecule has 1 aliphatic rings. The summed E-state index contributed by atoms with van der Waals surface area (Å²) in [6.45, 7) is 6.01. The summed E-state index contributed by atoms with van der Waals surface area (Å²) in [6.07, 6.45) is 2.34. The molecule has 4 rings (SSSR count).